The first-order chi connectivity index (χ1) is 16.3. The van der Waals surface area contributed by atoms with E-state index in [9.17, 15) is 13.2 Å². The molecular weight excluding hydrogens is 450 g/mol. The van der Waals surface area contributed by atoms with Crippen molar-refractivity contribution in [2.45, 2.75) is 32.2 Å². The molecule has 1 aliphatic rings. The zero-order valence-electron chi connectivity index (χ0n) is 19.4. The average molecular weight is 478 g/mol. The minimum absolute atomic E-state index is 0.185. The molecule has 3 aromatic rings. The van der Waals surface area contributed by atoms with Crippen LogP contribution in [-0.4, -0.2) is 38.2 Å². The molecule has 0 radical (unpaired) electrons. The van der Waals surface area contributed by atoms with E-state index in [1.807, 2.05) is 25.1 Å². The number of anilines is 1. The maximum atomic E-state index is 12.8. The van der Waals surface area contributed by atoms with Crippen molar-refractivity contribution >= 4 is 27.5 Å². The summed E-state index contributed by atoms with van der Waals surface area (Å²) in [5, 5.41) is 3.13. The van der Waals surface area contributed by atoms with Crippen LogP contribution in [0, 0.1) is 6.92 Å². The first kappa shape index (κ1) is 23.7. The number of nitrogens with one attached hydrogen (secondary N) is 1. The van der Waals surface area contributed by atoms with Gasteiger partial charge in [0.15, 0.2) is 5.84 Å². The quantitative estimate of drug-likeness (QED) is 0.395. The third kappa shape index (κ3) is 5.03. The van der Waals surface area contributed by atoms with Crippen molar-refractivity contribution in [2.75, 3.05) is 18.4 Å². The van der Waals surface area contributed by atoms with Crippen LogP contribution in [0.1, 0.15) is 40.9 Å². The topological polar surface area (TPSA) is 88.1 Å². The second-order valence-corrected chi connectivity index (χ2v) is 9.65. The van der Waals surface area contributed by atoms with Gasteiger partial charge < -0.3 is 10.1 Å². The normalized spacial score (nSPS) is 13.9. The van der Waals surface area contributed by atoms with E-state index in [1.165, 1.54) is 0 Å². The van der Waals surface area contributed by atoms with Crippen LogP contribution >= 0.6 is 0 Å². The fraction of sp³-hybridized carbons (Fsp3) is 0.231. The van der Waals surface area contributed by atoms with Gasteiger partial charge in [-0.25, -0.2) is 4.79 Å². The molecule has 3 aromatic carbocycles. The number of fused-ring (bicyclic) bond motifs is 1. The van der Waals surface area contributed by atoms with Crippen LogP contribution in [0.25, 0.3) is 0 Å². The van der Waals surface area contributed by atoms with Crippen molar-refractivity contribution in [3.63, 3.8) is 0 Å². The van der Waals surface area contributed by atoms with Crippen LogP contribution in [0.15, 0.2) is 76.0 Å². The van der Waals surface area contributed by atoms with Crippen LogP contribution in [0.2, 0.25) is 0 Å². The monoisotopic (exact) mass is 477 g/mol. The Kier molecular flexibility index (Phi) is 6.81. The minimum Gasteiger partial charge on any atom is -0.423 e. The van der Waals surface area contributed by atoms with Gasteiger partial charge in [0, 0.05) is 23.4 Å². The lowest BCUT2D eigenvalue weighted by Crippen LogP contribution is -2.23. The number of rotatable bonds is 7. The van der Waals surface area contributed by atoms with E-state index in [0.29, 0.717) is 29.1 Å². The molecule has 34 heavy (non-hydrogen) atoms. The molecule has 0 bridgehead atoms. The standard InChI is InChI=1S/C26H27N3O4S/c1-4-29(5-2)17-20-16-21(27-25-22-11-6-7-12-24(22)34(31,32)28-25)13-14-23(20)33-26(30)19-10-8-9-18(3)15-19/h6-16H,4-5,17H2,1-3H3,(H,27,28). The lowest BCUT2D eigenvalue weighted by molar-refractivity contribution is 0.0731. The Morgan fingerprint density at radius 1 is 1.00 bits per heavy atom. The van der Waals surface area contributed by atoms with Gasteiger partial charge in [0.25, 0.3) is 10.0 Å². The van der Waals surface area contributed by atoms with E-state index in [4.69, 9.17) is 4.74 Å². The van der Waals surface area contributed by atoms with Crippen molar-refractivity contribution in [3.8, 4) is 5.75 Å². The van der Waals surface area contributed by atoms with Gasteiger partial charge in [-0.15, -0.1) is 4.40 Å². The molecule has 1 N–H and O–H groups in total. The Morgan fingerprint density at radius 2 is 1.76 bits per heavy atom. The molecule has 0 fully saturated rings. The molecule has 7 nitrogen and oxygen atoms in total. The molecule has 1 aliphatic heterocycles. The van der Waals surface area contributed by atoms with Crippen molar-refractivity contribution < 1.29 is 17.9 Å². The van der Waals surface area contributed by atoms with Gasteiger partial charge in [0.05, 0.1) is 5.56 Å². The first-order valence-corrected chi connectivity index (χ1v) is 12.6. The van der Waals surface area contributed by atoms with Gasteiger partial charge in [0.1, 0.15) is 10.6 Å². The minimum atomic E-state index is -3.72. The highest BCUT2D eigenvalue weighted by molar-refractivity contribution is 7.90. The second kappa shape index (κ2) is 9.79. The van der Waals surface area contributed by atoms with Crippen LogP contribution in [0.4, 0.5) is 5.69 Å². The van der Waals surface area contributed by atoms with Gasteiger partial charge in [0.2, 0.25) is 0 Å². The first-order valence-electron chi connectivity index (χ1n) is 11.2. The molecular formula is C26H27N3O4S. The summed E-state index contributed by atoms with van der Waals surface area (Å²) < 4.78 is 34.5. The van der Waals surface area contributed by atoms with E-state index in [2.05, 4.69) is 28.5 Å². The number of esters is 1. The zero-order valence-corrected chi connectivity index (χ0v) is 20.2. The Labute approximate surface area is 200 Å². The maximum absolute atomic E-state index is 12.8. The number of aryl methyl sites for hydroxylation is 1. The van der Waals surface area contributed by atoms with Gasteiger partial charge in [-0.05, 0) is 62.5 Å². The predicted octanol–water partition coefficient (Wildman–Crippen LogP) is 4.62. The fourth-order valence-corrected chi connectivity index (χ4v) is 5.01. The molecule has 0 aromatic heterocycles. The van der Waals surface area contributed by atoms with E-state index < -0.39 is 16.0 Å². The predicted molar refractivity (Wildman–Crippen MR) is 133 cm³/mol. The number of carbonyl (C=O) groups excluding carboxylic acids is 1. The summed E-state index contributed by atoms with van der Waals surface area (Å²) in [6.45, 7) is 8.29. The van der Waals surface area contributed by atoms with Gasteiger partial charge in [-0.2, -0.15) is 8.42 Å². The summed E-state index contributed by atoms with van der Waals surface area (Å²) in [6, 6.07) is 19.3. The number of hydrogen-bond donors (Lipinski definition) is 1. The van der Waals surface area contributed by atoms with E-state index in [0.717, 1.165) is 24.2 Å². The summed E-state index contributed by atoms with van der Waals surface area (Å²) in [5.74, 6) is 0.310. The number of nitrogens with zero attached hydrogens (tertiary/aromatic N) is 2. The maximum Gasteiger partial charge on any atom is 0.343 e. The molecule has 8 heteroatoms. The van der Waals surface area contributed by atoms with Gasteiger partial charge in [-0.3, -0.25) is 4.90 Å². The fourth-order valence-electron chi connectivity index (χ4n) is 3.83. The summed E-state index contributed by atoms with van der Waals surface area (Å²) >= 11 is 0. The molecule has 0 amide bonds. The number of benzene rings is 3. The van der Waals surface area contributed by atoms with Crippen LogP contribution in [-0.2, 0) is 16.6 Å². The number of amidine groups is 1. The summed E-state index contributed by atoms with van der Waals surface area (Å²) in [4.78, 5) is 15.2. The van der Waals surface area contributed by atoms with Crippen molar-refractivity contribution in [2.24, 2.45) is 4.40 Å². The number of ether oxygens (including phenoxy) is 1. The van der Waals surface area contributed by atoms with Crippen molar-refractivity contribution in [1.82, 2.24) is 4.90 Å². The highest BCUT2D eigenvalue weighted by Gasteiger charge is 2.28. The summed E-state index contributed by atoms with van der Waals surface area (Å²) in [7, 11) is -3.72. The number of sulfonamides is 1. The summed E-state index contributed by atoms with van der Waals surface area (Å²) in [6.07, 6.45) is 0. The molecule has 0 aliphatic carbocycles. The third-order valence-electron chi connectivity index (χ3n) is 5.70. The number of hydrogen-bond acceptors (Lipinski definition) is 6. The van der Waals surface area contributed by atoms with Gasteiger partial charge >= 0.3 is 5.97 Å². The third-order valence-corrected chi connectivity index (χ3v) is 7.03. The molecule has 0 saturated heterocycles. The molecule has 0 unspecified atom stereocenters. The molecule has 1 heterocycles. The lowest BCUT2D eigenvalue weighted by Gasteiger charge is -2.21. The SMILES string of the molecule is CCN(CC)Cc1cc(NC2=NS(=O)(=O)c3ccccc32)ccc1OC(=O)c1cccc(C)c1. The van der Waals surface area contributed by atoms with Crippen molar-refractivity contribution in [3.05, 3.63) is 89.0 Å². The van der Waals surface area contributed by atoms with Crippen LogP contribution in [0.5, 0.6) is 5.75 Å². The summed E-state index contributed by atoms with van der Waals surface area (Å²) in [5.41, 5.74) is 3.46. The van der Waals surface area contributed by atoms with E-state index in [1.54, 1.807) is 48.5 Å². The molecule has 0 spiro atoms. The van der Waals surface area contributed by atoms with Crippen molar-refractivity contribution in [1.29, 1.82) is 0 Å². The molecule has 0 atom stereocenters. The molecule has 0 saturated carbocycles. The van der Waals surface area contributed by atoms with Crippen LogP contribution in [0.3, 0.4) is 0 Å². The zero-order chi connectivity index (χ0) is 24.3. The number of carbonyl (C=O) groups is 1. The van der Waals surface area contributed by atoms with Gasteiger partial charge in [-0.1, -0.05) is 43.7 Å². The van der Waals surface area contributed by atoms with E-state index >= 15 is 0 Å². The molecule has 176 valence electrons. The highest BCUT2D eigenvalue weighted by atomic mass is 32.2. The smallest absolute Gasteiger partial charge is 0.343 e. The Balaban J connectivity index is 1.65. The Hall–Kier alpha value is -3.49. The van der Waals surface area contributed by atoms with Crippen LogP contribution < -0.4 is 10.1 Å². The lowest BCUT2D eigenvalue weighted by atomic mass is 10.1. The Bertz CT molecular complexity index is 1360. The highest BCUT2D eigenvalue weighted by Crippen LogP contribution is 2.29. The van der Waals surface area contributed by atoms with E-state index in [-0.39, 0.29) is 10.7 Å². The largest absolute Gasteiger partial charge is 0.423 e. The second-order valence-electron chi connectivity index (χ2n) is 8.08. The average Bonchev–Trinajstić information content (AvgIpc) is 3.08. The molecule has 4 rings (SSSR count). The Morgan fingerprint density at radius 3 is 2.50 bits per heavy atom.